The average Bonchev–Trinajstić information content (AvgIpc) is 2.02. The van der Waals surface area contributed by atoms with Gasteiger partial charge in [-0.05, 0) is 20.3 Å². The van der Waals surface area contributed by atoms with E-state index in [1.807, 2.05) is 25.7 Å². The Bertz CT molecular complexity index is 198. The molecule has 0 aromatic rings. The van der Waals surface area contributed by atoms with Gasteiger partial charge in [-0.1, -0.05) is 6.92 Å². The molecule has 1 fully saturated rings. The number of morpholine rings is 1. The Labute approximate surface area is 84.8 Å². The first kappa shape index (κ1) is 11.5. The summed E-state index contributed by atoms with van der Waals surface area (Å²) in [5.41, 5.74) is 0. The summed E-state index contributed by atoms with van der Waals surface area (Å²) in [7, 11) is 0. The lowest BCUT2D eigenvalue weighted by molar-refractivity contribution is -0.149. The Morgan fingerprint density at radius 3 is 2.36 bits per heavy atom. The van der Waals surface area contributed by atoms with E-state index < -0.39 is 5.97 Å². The van der Waals surface area contributed by atoms with Crippen LogP contribution in [-0.4, -0.2) is 47.3 Å². The Hall–Kier alpha value is -0.610. The van der Waals surface area contributed by atoms with Gasteiger partial charge in [0.05, 0.1) is 12.2 Å². The van der Waals surface area contributed by atoms with Crippen LogP contribution in [-0.2, 0) is 9.53 Å². The van der Waals surface area contributed by atoms with Crippen molar-refractivity contribution in [1.82, 2.24) is 4.90 Å². The van der Waals surface area contributed by atoms with Gasteiger partial charge in [-0.15, -0.1) is 0 Å². The number of hydrogen-bond donors (Lipinski definition) is 1. The Morgan fingerprint density at radius 2 is 2.00 bits per heavy atom. The highest BCUT2D eigenvalue weighted by molar-refractivity contribution is 5.73. The molecule has 3 atom stereocenters. The van der Waals surface area contributed by atoms with Gasteiger partial charge in [-0.25, -0.2) is 0 Å². The summed E-state index contributed by atoms with van der Waals surface area (Å²) in [5.74, 6) is -0.728. The van der Waals surface area contributed by atoms with Crippen molar-refractivity contribution < 1.29 is 14.6 Å². The summed E-state index contributed by atoms with van der Waals surface area (Å²) in [6, 6.07) is -0.358. The lowest BCUT2D eigenvalue weighted by Gasteiger charge is -2.38. The molecule has 1 rings (SSSR count). The molecule has 1 aliphatic heterocycles. The van der Waals surface area contributed by atoms with Crippen molar-refractivity contribution in [2.45, 2.75) is 45.4 Å². The molecule has 0 bridgehead atoms. The highest BCUT2D eigenvalue weighted by atomic mass is 16.5. The van der Waals surface area contributed by atoms with Crippen molar-refractivity contribution in [3.05, 3.63) is 0 Å². The van der Waals surface area contributed by atoms with Crippen molar-refractivity contribution in [2.75, 3.05) is 13.1 Å². The summed E-state index contributed by atoms with van der Waals surface area (Å²) in [4.78, 5) is 13.0. The third-order valence-corrected chi connectivity index (χ3v) is 2.56. The maximum absolute atomic E-state index is 11.0. The average molecular weight is 201 g/mol. The summed E-state index contributed by atoms with van der Waals surface area (Å²) in [6.07, 6.45) is 0.911. The summed E-state index contributed by atoms with van der Waals surface area (Å²) in [6.45, 7) is 7.31. The molecule has 0 amide bonds. The molecule has 14 heavy (non-hydrogen) atoms. The van der Waals surface area contributed by atoms with Crippen LogP contribution in [0.1, 0.15) is 27.2 Å². The fourth-order valence-electron chi connectivity index (χ4n) is 2.06. The Morgan fingerprint density at radius 1 is 1.50 bits per heavy atom. The lowest BCUT2D eigenvalue weighted by Crippen LogP contribution is -2.52. The van der Waals surface area contributed by atoms with Crippen LogP contribution < -0.4 is 0 Å². The molecule has 82 valence electrons. The third kappa shape index (κ3) is 2.69. The van der Waals surface area contributed by atoms with Crippen molar-refractivity contribution in [2.24, 2.45) is 0 Å². The molecule has 0 saturated carbocycles. The van der Waals surface area contributed by atoms with Gasteiger partial charge in [-0.2, -0.15) is 0 Å². The molecule has 1 saturated heterocycles. The highest BCUT2D eigenvalue weighted by Crippen LogP contribution is 2.15. The van der Waals surface area contributed by atoms with Crippen LogP contribution >= 0.6 is 0 Å². The summed E-state index contributed by atoms with van der Waals surface area (Å²) in [5, 5.41) is 9.02. The number of nitrogens with zero attached hydrogens (tertiary/aromatic N) is 1. The van der Waals surface area contributed by atoms with E-state index >= 15 is 0 Å². The minimum atomic E-state index is -0.728. The van der Waals surface area contributed by atoms with E-state index in [-0.39, 0.29) is 18.2 Å². The molecule has 0 aliphatic carbocycles. The standard InChI is InChI=1S/C10H19NO3/c1-4-9(10(12)13)11-5-7(2)14-8(3)6-11/h7-9H,4-6H2,1-3H3,(H,12,13)/t7-,8-,9-/m1/s1. The van der Waals surface area contributed by atoms with Gasteiger partial charge in [0.2, 0.25) is 0 Å². The second-order valence-electron chi connectivity index (χ2n) is 3.97. The molecule has 4 heteroatoms. The van der Waals surface area contributed by atoms with Crippen LogP contribution in [0.4, 0.5) is 0 Å². The number of ether oxygens (including phenoxy) is 1. The quantitative estimate of drug-likeness (QED) is 0.739. The van der Waals surface area contributed by atoms with Crippen molar-refractivity contribution >= 4 is 5.97 Å². The minimum Gasteiger partial charge on any atom is -0.480 e. The molecule has 1 aliphatic rings. The second-order valence-corrected chi connectivity index (χ2v) is 3.97. The van der Waals surface area contributed by atoms with Crippen molar-refractivity contribution in [1.29, 1.82) is 0 Å². The zero-order valence-corrected chi connectivity index (χ0v) is 9.06. The molecule has 0 aromatic carbocycles. The first-order valence-corrected chi connectivity index (χ1v) is 5.17. The predicted octanol–water partition coefficient (Wildman–Crippen LogP) is 0.959. The molecule has 1 N–H and O–H groups in total. The Balaban J connectivity index is 2.61. The molecule has 0 aromatic heterocycles. The van der Waals surface area contributed by atoms with E-state index in [0.29, 0.717) is 6.42 Å². The van der Waals surface area contributed by atoms with Crippen LogP contribution in [0.2, 0.25) is 0 Å². The fraction of sp³-hybridized carbons (Fsp3) is 0.900. The number of aliphatic carboxylic acids is 1. The normalized spacial score (nSPS) is 31.4. The third-order valence-electron chi connectivity index (χ3n) is 2.56. The zero-order valence-electron chi connectivity index (χ0n) is 9.06. The molecule has 0 radical (unpaired) electrons. The summed E-state index contributed by atoms with van der Waals surface area (Å²) < 4.78 is 5.56. The van der Waals surface area contributed by atoms with Crippen LogP contribution in [0, 0.1) is 0 Å². The van der Waals surface area contributed by atoms with Gasteiger partial charge >= 0.3 is 5.97 Å². The van der Waals surface area contributed by atoms with Crippen molar-refractivity contribution in [3.63, 3.8) is 0 Å². The molecule has 0 unspecified atom stereocenters. The van der Waals surface area contributed by atoms with E-state index in [4.69, 9.17) is 9.84 Å². The van der Waals surface area contributed by atoms with Crippen LogP contribution in [0.25, 0.3) is 0 Å². The Kier molecular flexibility index (Phi) is 3.89. The van der Waals surface area contributed by atoms with Gasteiger partial charge in [0.15, 0.2) is 0 Å². The van der Waals surface area contributed by atoms with Crippen molar-refractivity contribution in [3.8, 4) is 0 Å². The van der Waals surface area contributed by atoms with E-state index in [9.17, 15) is 4.79 Å². The fourth-order valence-corrected chi connectivity index (χ4v) is 2.06. The maximum Gasteiger partial charge on any atom is 0.320 e. The maximum atomic E-state index is 11.0. The van der Waals surface area contributed by atoms with E-state index in [1.54, 1.807) is 0 Å². The van der Waals surface area contributed by atoms with Crippen LogP contribution in [0.15, 0.2) is 0 Å². The summed E-state index contributed by atoms with van der Waals surface area (Å²) >= 11 is 0. The number of hydrogen-bond acceptors (Lipinski definition) is 3. The van der Waals surface area contributed by atoms with Gasteiger partial charge in [0.1, 0.15) is 6.04 Å². The number of carboxylic acids is 1. The monoisotopic (exact) mass is 201 g/mol. The molecule has 4 nitrogen and oxygen atoms in total. The number of carbonyl (C=O) groups is 1. The van der Waals surface area contributed by atoms with Gasteiger partial charge < -0.3 is 9.84 Å². The van der Waals surface area contributed by atoms with E-state index in [2.05, 4.69) is 0 Å². The molecule has 0 spiro atoms. The second kappa shape index (κ2) is 4.75. The topological polar surface area (TPSA) is 49.8 Å². The number of rotatable bonds is 3. The lowest BCUT2D eigenvalue weighted by atomic mass is 10.1. The van der Waals surface area contributed by atoms with Crippen LogP contribution in [0.5, 0.6) is 0 Å². The van der Waals surface area contributed by atoms with Gasteiger partial charge in [-0.3, -0.25) is 9.69 Å². The largest absolute Gasteiger partial charge is 0.480 e. The van der Waals surface area contributed by atoms with Gasteiger partial charge in [0.25, 0.3) is 0 Å². The first-order chi connectivity index (χ1) is 6.54. The highest BCUT2D eigenvalue weighted by Gasteiger charge is 2.30. The molecule has 1 heterocycles. The smallest absolute Gasteiger partial charge is 0.320 e. The van der Waals surface area contributed by atoms with E-state index in [0.717, 1.165) is 13.1 Å². The predicted molar refractivity (Wildman–Crippen MR) is 53.3 cm³/mol. The molecular formula is C10H19NO3. The zero-order chi connectivity index (χ0) is 10.7. The molecular weight excluding hydrogens is 182 g/mol. The minimum absolute atomic E-state index is 0.132. The first-order valence-electron chi connectivity index (χ1n) is 5.17. The van der Waals surface area contributed by atoms with Gasteiger partial charge in [0, 0.05) is 13.1 Å². The SMILES string of the molecule is CC[C@H](C(=O)O)N1C[C@@H](C)O[C@H](C)C1. The number of carboxylic acid groups (broad SMARTS) is 1. The van der Waals surface area contributed by atoms with E-state index in [1.165, 1.54) is 0 Å². The van der Waals surface area contributed by atoms with Crippen LogP contribution in [0.3, 0.4) is 0 Å².